The highest BCUT2D eigenvalue weighted by atomic mass is 14.9. The minimum atomic E-state index is 0.287. The molecule has 1 atom stereocenters. The van der Waals surface area contributed by atoms with E-state index in [2.05, 4.69) is 58.8 Å². The van der Waals surface area contributed by atoms with Crippen LogP contribution >= 0.6 is 0 Å². The van der Waals surface area contributed by atoms with Crippen LogP contribution in [0.3, 0.4) is 0 Å². The van der Waals surface area contributed by atoms with Crippen LogP contribution in [0.5, 0.6) is 0 Å². The molecule has 1 unspecified atom stereocenters. The number of likely N-dealkylation sites (N-methyl/N-ethyl adjacent to an activating group) is 1. The standard InChI is InChI=1S/C18H18N2/c1-19-18(16-9-5-11-20-13-16)12-15-8-4-7-14-6-2-3-10-17(14)15/h2-11,13,18-19H,12H2,1H3. The van der Waals surface area contributed by atoms with Gasteiger partial charge in [-0.05, 0) is 41.4 Å². The number of hydrogen-bond acceptors (Lipinski definition) is 2. The number of rotatable bonds is 4. The Balaban J connectivity index is 1.96. The molecule has 0 amide bonds. The fourth-order valence-electron chi connectivity index (χ4n) is 2.66. The largest absolute Gasteiger partial charge is 0.313 e. The predicted octanol–water partition coefficient (Wildman–Crippen LogP) is 3.74. The van der Waals surface area contributed by atoms with Crippen LogP contribution in [0.1, 0.15) is 17.2 Å². The van der Waals surface area contributed by atoms with Crippen molar-refractivity contribution < 1.29 is 0 Å². The summed E-state index contributed by atoms with van der Waals surface area (Å²) < 4.78 is 0. The third-order valence-electron chi connectivity index (χ3n) is 3.74. The Morgan fingerprint density at radius 3 is 2.65 bits per heavy atom. The van der Waals surface area contributed by atoms with Gasteiger partial charge in [-0.25, -0.2) is 0 Å². The molecule has 1 heterocycles. The third-order valence-corrected chi connectivity index (χ3v) is 3.74. The van der Waals surface area contributed by atoms with Gasteiger partial charge in [-0.2, -0.15) is 0 Å². The molecule has 0 aliphatic heterocycles. The lowest BCUT2D eigenvalue weighted by molar-refractivity contribution is 0.592. The van der Waals surface area contributed by atoms with E-state index in [1.807, 2.05) is 25.5 Å². The molecule has 0 aliphatic rings. The number of hydrogen-bond donors (Lipinski definition) is 1. The topological polar surface area (TPSA) is 24.9 Å². The first kappa shape index (κ1) is 12.8. The summed E-state index contributed by atoms with van der Waals surface area (Å²) in [5.74, 6) is 0. The summed E-state index contributed by atoms with van der Waals surface area (Å²) in [5, 5.41) is 6.02. The van der Waals surface area contributed by atoms with Crippen molar-refractivity contribution in [2.24, 2.45) is 0 Å². The fraction of sp³-hybridized carbons (Fsp3) is 0.167. The van der Waals surface area contributed by atoms with Crippen LogP contribution in [0, 0.1) is 0 Å². The summed E-state index contributed by atoms with van der Waals surface area (Å²) >= 11 is 0. The molecule has 0 spiro atoms. The maximum Gasteiger partial charge on any atom is 0.0373 e. The lowest BCUT2D eigenvalue weighted by Crippen LogP contribution is -2.19. The molecule has 3 rings (SSSR count). The number of fused-ring (bicyclic) bond motifs is 1. The van der Waals surface area contributed by atoms with E-state index in [-0.39, 0.29) is 6.04 Å². The number of benzene rings is 2. The molecule has 0 fully saturated rings. The molecule has 1 N–H and O–H groups in total. The Labute approximate surface area is 119 Å². The summed E-state index contributed by atoms with van der Waals surface area (Å²) in [7, 11) is 2.00. The van der Waals surface area contributed by atoms with Crippen molar-refractivity contribution in [1.29, 1.82) is 0 Å². The molecule has 0 saturated carbocycles. The number of nitrogens with one attached hydrogen (secondary N) is 1. The van der Waals surface area contributed by atoms with Crippen molar-refractivity contribution in [3.8, 4) is 0 Å². The Morgan fingerprint density at radius 2 is 1.85 bits per heavy atom. The SMILES string of the molecule is CNC(Cc1cccc2ccccc12)c1cccnc1. The highest BCUT2D eigenvalue weighted by Crippen LogP contribution is 2.24. The van der Waals surface area contributed by atoms with E-state index in [0.717, 1.165) is 6.42 Å². The van der Waals surface area contributed by atoms with Gasteiger partial charge in [0.05, 0.1) is 0 Å². The van der Waals surface area contributed by atoms with E-state index < -0.39 is 0 Å². The van der Waals surface area contributed by atoms with Crippen molar-refractivity contribution in [3.63, 3.8) is 0 Å². The molecule has 1 aromatic heterocycles. The lowest BCUT2D eigenvalue weighted by Gasteiger charge is -2.17. The van der Waals surface area contributed by atoms with Gasteiger partial charge in [-0.3, -0.25) is 4.98 Å². The summed E-state index contributed by atoms with van der Waals surface area (Å²) in [4.78, 5) is 4.22. The van der Waals surface area contributed by atoms with Crippen LogP contribution in [-0.2, 0) is 6.42 Å². The number of aromatic nitrogens is 1. The van der Waals surface area contributed by atoms with Crippen LogP contribution in [0.25, 0.3) is 10.8 Å². The second-order valence-electron chi connectivity index (χ2n) is 4.97. The van der Waals surface area contributed by atoms with Crippen molar-refractivity contribution in [1.82, 2.24) is 10.3 Å². The number of nitrogens with zero attached hydrogens (tertiary/aromatic N) is 1. The molecule has 0 bridgehead atoms. The molecule has 100 valence electrons. The van der Waals surface area contributed by atoms with E-state index >= 15 is 0 Å². The molecule has 0 saturated heterocycles. The maximum absolute atomic E-state index is 4.22. The second-order valence-corrected chi connectivity index (χ2v) is 4.97. The van der Waals surface area contributed by atoms with Crippen molar-refractivity contribution in [2.45, 2.75) is 12.5 Å². The molecular weight excluding hydrogens is 244 g/mol. The molecule has 0 aliphatic carbocycles. The van der Waals surface area contributed by atoms with Gasteiger partial charge < -0.3 is 5.32 Å². The Hall–Kier alpha value is -2.19. The zero-order valence-electron chi connectivity index (χ0n) is 11.6. The van der Waals surface area contributed by atoms with Gasteiger partial charge in [0, 0.05) is 18.4 Å². The average Bonchev–Trinajstić information content (AvgIpc) is 2.53. The van der Waals surface area contributed by atoms with Crippen LogP contribution < -0.4 is 5.32 Å². The fourth-order valence-corrected chi connectivity index (χ4v) is 2.66. The van der Waals surface area contributed by atoms with Gasteiger partial charge in [-0.15, -0.1) is 0 Å². The normalized spacial score (nSPS) is 12.4. The van der Waals surface area contributed by atoms with E-state index in [9.17, 15) is 0 Å². The first-order chi connectivity index (χ1) is 9.88. The van der Waals surface area contributed by atoms with Crippen LogP contribution in [-0.4, -0.2) is 12.0 Å². The van der Waals surface area contributed by atoms with Gasteiger partial charge in [0.2, 0.25) is 0 Å². The Morgan fingerprint density at radius 1 is 1.00 bits per heavy atom. The zero-order chi connectivity index (χ0) is 13.8. The highest BCUT2D eigenvalue weighted by Gasteiger charge is 2.11. The summed E-state index contributed by atoms with van der Waals surface area (Å²) in [6.45, 7) is 0. The molecule has 0 radical (unpaired) electrons. The molecule has 2 aromatic carbocycles. The van der Waals surface area contributed by atoms with Crippen molar-refractivity contribution in [3.05, 3.63) is 78.1 Å². The summed E-state index contributed by atoms with van der Waals surface area (Å²) in [6.07, 6.45) is 4.71. The van der Waals surface area contributed by atoms with Crippen molar-refractivity contribution in [2.75, 3.05) is 7.05 Å². The maximum atomic E-state index is 4.22. The van der Waals surface area contributed by atoms with Gasteiger partial charge in [0.15, 0.2) is 0 Å². The van der Waals surface area contributed by atoms with E-state index in [1.165, 1.54) is 21.9 Å². The van der Waals surface area contributed by atoms with E-state index in [4.69, 9.17) is 0 Å². The Kier molecular flexibility index (Phi) is 3.75. The minimum absolute atomic E-state index is 0.287. The average molecular weight is 262 g/mol. The highest BCUT2D eigenvalue weighted by molar-refractivity contribution is 5.85. The monoisotopic (exact) mass is 262 g/mol. The molecule has 20 heavy (non-hydrogen) atoms. The molecule has 3 aromatic rings. The number of pyridine rings is 1. The summed E-state index contributed by atoms with van der Waals surface area (Å²) in [5.41, 5.74) is 2.59. The van der Waals surface area contributed by atoms with Gasteiger partial charge >= 0.3 is 0 Å². The first-order valence-electron chi connectivity index (χ1n) is 6.92. The molecule has 2 heteroatoms. The van der Waals surface area contributed by atoms with Gasteiger partial charge in [-0.1, -0.05) is 48.5 Å². The molecule has 2 nitrogen and oxygen atoms in total. The smallest absolute Gasteiger partial charge is 0.0373 e. The van der Waals surface area contributed by atoms with Gasteiger partial charge in [0.1, 0.15) is 0 Å². The zero-order valence-corrected chi connectivity index (χ0v) is 11.6. The van der Waals surface area contributed by atoms with E-state index in [0.29, 0.717) is 0 Å². The molecular formula is C18H18N2. The van der Waals surface area contributed by atoms with Gasteiger partial charge in [0.25, 0.3) is 0 Å². The second kappa shape index (κ2) is 5.85. The van der Waals surface area contributed by atoms with Crippen LogP contribution in [0.2, 0.25) is 0 Å². The Bertz CT molecular complexity index is 687. The lowest BCUT2D eigenvalue weighted by atomic mass is 9.96. The van der Waals surface area contributed by atoms with E-state index in [1.54, 1.807) is 0 Å². The summed E-state index contributed by atoms with van der Waals surface area (Å²) in [6, 6.07) is 19.5. The third kappa shape index (κ3) is 2.56. The van der Waals surface area contributed by atoms with Crippen molar-refractivity contribution >= 4 is 10.8 Å². The first-order valence-corrected chi connectivity index (χ1v) is 6.92. The van der Waals surface area contributed by atoms with Crippen LogP contribution in [0.4, 0.5) is 0 Å². The minimum Gasteiger partial charge on any atom is -0.313 e. The van der Waals surface area contributed by atoms with Crippen LogP contribution in [0.15, 0.2) is 67.0 Å². The predicted molar refractivity (Wildman–Crippen MR) is 83.7 cm³/mol. The quantitative estimate of drug-likeness (QED) is 0.774.